The molecule has 41 heavy (non-hydrogen) atoms. The monoisotopic (exact) mass is 555 g/mol. The number of carbonyl (C=O) groups excluding carboxylic acids is 1. The van der Waals surface area contributed by atoms with Gasteiger partial charge in [-0.1, -0.05) is 24.3 Å². The van der Waals surface area contributed by atoms with E-state index in [-0.39, 0.29) is 11.5 Å². The number of benzene rings is 1. The minimum Gasteiger partial charge on any atom is -0.384 e. The zero-order valence-electron chi connectivity index (χ0n) is 24.3. The van der Waals surface area contributed by atoms with Gasteiger partial charge >= 0.3 is 0 Å². The smallest absolute Gasteiger partial charge is 0.256 e. The average molecular weight is 556 g/mol. The van der Waals surface area contributed by atoms with E-state index in [9.17, 15) is 9.90 Å². The third-order valence-electron chi connectivity index (χ3n) is 8.35. The van der Waals surface area contributed by atoms with Crippen molar-refractivity contribution < 1.29 is 9.90 Å². The highest BCUT2D eigenvalue weighted by atomic mass is 16.3. The maximum Gasteiger partial charge on any atom is 0.256 e. The number of amides is 1. The van der Waals surface area contributed by atoms with Crippen molar-refractivity contribution in [3.05, 3.63) is 77.6 Å². The van der Waals surface area contributed by atoms with Crippen LogP contribution in [-0.2, 0) is 12.0 Å². The lowest BCUT2D eigenvalue weighted by molar-refractivity contribution is 0.0341. The molecule has 2 aromatic heterocycles. The van der Waals surface area contributed by atoms with Crippen molar-refractivity contribution in [1.29, 1.82) is 0 Å². The van der Waals surface area contributed by atoms with Crippen LogP contribution >= 0.6 is 0 Å². The van der Waals surface area contributed by atoms with Crippen LogP contribution in [0.4, 0.5) is 23.3 Å². The van der Waals surface area contributed by atoms with Crippen LogP contribution in [-0.4, -0.2) is 57.5 Å². The number of rotatable bonds is 9. The third kappa shape index (κ3) is 6.74. The van der Waals surface area contributed by atoms with E-state index in [1.807, 2.05) is 12.1 Å². The molecule has 2 heterocycles. The van der Waals surface area contributed by atoms with Crippen molar-refractivity contribution in [2.45, 2.75) is 69.4 Å². The highest BCUT2D eigenvalue weighted by Crippen LogP contribution is 2.36. The number of aromatic nitrogens is 3. The molecule has 2 aliphatic carbocycles. The molecule has 9 heteroatoms. The Morgan fingerprint density at radius 2 is 1.85 bits per heavy atom. The highest BCUT2D eigenvalue weighted by molar-refractivity contribution is 5.99. The lowest BCUT2D eigenvalue weighted by Gasteiger charge is -2.32. The number of nitrogens with zero attached hydrogens (tertiary/aromatic N) is 4. The van der Waals surface area contributed by atoms with Crippen LogP contribution in [0.15, 0.2) is 55.3 Å². The number of pyridine rings is 1. The van der Waals surface area contributed by atoms with Crippen molar-refractivity contribution in [3.63, 3.8) is 0 Å². The molecule has 2 aliphatic rings. The molecular weight excluding hydrogens is 514 g/mol. The molecule has 216 valence electrons. The second-order valence-electron chi connectivity index (χ2n) is 11.6. The van der Waals surface area contributed by atoms with Gasteiger partial charge < -0.3 is 26.0 Å². The molecule has 1 amide bonds. The van der Waals surface area contributed by atoms with Crippen LogP contribution in [0.2, 0.25) is 0 Å². The van der Waals surface area contributed by atoms with Gasteiger partial charge in [0, 0.05) is 24.5 Å². The lowest BCUT2D eigenvalue weighted by Crippen LogP contribution is -2.31. The molecule has 1 fully saturated rings. The van der Waals surface area contributed by atoms with E-state index in [2.05, 4.69) is 75.8 Å². The van der Waals surface area contributed by atoms with Crippen LogP contribution < -0.4 is 16.0 Å². The molecule has 0 spiro atoms. The summed E-state index contributed by atoms with van der Waals surface area (Å²) < 4.78 is 0. The molecule has 3 aromatic rings. The molecule has 1 saturated carbocycles. The summed E-state index contributed by atoms with van der Waals surface area (Å²) in [5.41, 5.74) is 3.22. The second-order valence-corrected chi connectivity index (χ2v) is 11.6. The predicted molar refractivity (Wildman–Crippen MR) is 163 cm³/mol. The fraction of sp³-hybridized carbons (Fsp3) is 0.438. The lowest BCUT2D eigenvalue weighted by atomic mass is 9.81. The second kappa shape index (κ2) is 12.4. The van der Waals surface area contributed by atoms with Gasteiger partial charge in [-0.3, -0.25) is 4.79 Å². The third-order valence-corrected chi connectivity index (χ3v) is 8.35. The summed E-state index contributed by atoms with van der Waals surface area (Å²) in [6, 6.07) is 13.0. The molecular formula is C32H41N7O2. The van der Waals surface area contributed by atoms with E-state index in [0.29, 0.717) is 48.2 Å². The fourth-order valence-corrected chi connectivity index (χ4v) is 5.95. The number of anilines is 4. The van der Waals surface area contributed by atoms with Crippen molar-refractivity contribution in [2.24, 2.45) is 0 Å². The Balaban J connectivity index is 1.35. The van der Waals surface area contributed by atoms with Crippen LogP contribution in [0, 0.1) is 0 Å². The maximum atomic E-state index is 12.9. The quantitative estimate of drug-likeness (QED) is 0.259. The first-order valence-corrected chi connectivity index (χ1v) is 14.5. The first-order valence-electron chi connectivity index (χ1n) is 14.5. The van der Waals surface area contributed by atoms with Crippen molar-refractivity contribution >= 4 is 29.2 Å². The number of nitrogens with one attached hydrogen (secondary N) is 3. The molecule has 1 atom stereocenters. The summed E-state index contributed by atoms with van der Waals surface area (Å²) in [6.07, 6.45) is 10.4. The topological polar surface area (TPSA) is 115 Å². The maximum absolute atomic E-state index is 12.9. The average Bonchev–Trinajstić information content (AvgIpc) is 2.97. The summed E-state index contributed by atoms with van der Waals surface area (Å²) in [4.78, 5) is 29.0. The van der Waals surface area contributed by atoms with Crippen LogP contribution in [0.3, 0.4) is 0 Å². The van der Waals surface area contributed by atoms with E-state index >= 15 is 0 Å². The SMILES string of the molecule is C=CCNC(=O)c1cnc(Nc2ccc([C@H]3CC[C@@H](N(C)C)CC3)cc2)nc1Nc1ccc2c(n1)C(C)(O)CCC2. The van der Waals surface area contributed by atoms with Crippen LogP contribution in [0.25, 0.3) is 0 Å². The summed E-state index contributed by atoms with van der Waals surface area (Å²) in [6.45, 7) is 5.79. The van der Waals surface area contributed by atoms with Gasteiger partial charge in [-0.25, -0.2) is 9.97 Å². The zero-order chi connectivity index (χ0) is 29.0. The molecule has 0 aliphatic heterocycles. The molecule has 4 N–H and O–H groups in total. The van der Waals surface area contributed by atoms with E-state index < -0.39 is 5.60 Å². The number of hydrogen-bond acceptors (Lipinski definition) is 8. The van der Waals surface area contributed by atoms with E-state index in [1.165, 1.54) is 37.4 Å². The summed E-state index contributed by atoms with van der Waals surface area (Å²) >= 11 is 0. The van der Waals surface area contributed by atoms with Gasteiger partial charge in [0.1, 0.15) is 22.8 Å². The van der Waals surface area contributed by atoms with Crippen LogP contribution in [0.1, 0.15) is 78.5 Å². The zero-order valence-corrected chi connectivity index (χ0v) is 24.3. The minimum atomic E-state index is -0.994. The molecule has 5 rings (SSSR count). The molecule has 0 radical (unpaired) electrons. The Bertz CT molecular complexity index is 1380. The Kier molecular flexibility index (Phi) is 8.65. The number of aliphatic hydroxyl groups is 1. The first kappa shape index (κ1) is 28.7. The molecule has 0 bridgehead atoms. The van der Waals surface area contributed by atoms with Crippen molar-refractivity contribution in [2.75, 3.05) is 31.3 Å². The Morgan fingerprint density at radius 3 is 2.56 bits per heavy atom. The van der Waals surface area contributed by atoms with Gasteiger partial charge in [0.25, 0.3) is 5.91 Å². The number of aryl methyl sites for hydroxylation is 1. The fourth-order valence-electron chi connectivity index (χ4n) is 5.95. The number of carbonyl (C=O) groups is 1. The normalized spacial score (nSPS) is 22.1. The first-order chi connectivity index (χ1) is 19.7. The Labute approximate surface area is 242 Å². The molecule has 0 saturated heterocycles. The van der Waals surface area contributed by atoms with E-state index in [0.717, 1.165) is 24.1 Å². The Hall–Kier alpha value is -3.82. The largest absolute Gasteiger partial charge is 0.384 e. The van der Waals surface area contributed by atoms with Gasteiger partial charge in [0.2, 0.25) is 5.95 Å². The van der Waals surface area contributed by atoms with E-state index in [1.54, 1.807) is 13.0 Å². The van der Waals surface area contributed by atoms with Crippen LogP contribution in [0.5, 0.6) is 0 Å². The summed E-state index contributed by atoms with van der Waals surface area (Å²) in [7, 11) is 4.34. The van der Waals surface area contributed by atoms with Gasteiger partial charge in [0.15, 0.2) is 0 Å². The number of fused-ring (bicyclic) bond motifs is 1. The minimum absolute atomic E-state index is 0.285. The summed E-state index contributed by atoms with van der Waals surface area (Å²) in [5.74, 6) is 1.45. The van der Waals surface area contributed by atoms with Gasteiger partial charge in [0.05, 0.1) is 5.69 Å². The molecule has 1 unspecified atom stereocenters. The number of hydrogen-bond donors (Lipinski definition) is 4. The van der Waals surface area contributed by atoms with Gasteiger partial charge in [-0.05, 0) is 101 Å². The predicted octanol–water partition coefficient (Wildman–Crippen LogP) is 5.41. The molecule has 1 aromatic carbocycles. The van der Waals surface area contributed by atoms with Gasteiger partial charge in [-0.2, -0.15) is 4.98 Å². The highest BCUT2D eigenvalue weighted by Gasteiger charge is 2.31. The Morgan fingerprint density at radius 1 is 1.10 bits per heavy atom. The van der Waals surface area contributed by atoms with Gasteiger partial charge in [-0.15, -0.1) is 6.58 Å². The van der Waals surface area contributed by atoms with E-state index in [4.69, 9.17) is 4.98 Å². The van der Waals surface area contributed by atoms with Crippen molar-refractivity contribution in [1.82, 2.24) is 25.2 Å². The molecule has 9 nitrogen and oxygen atoms in total. The van der Waals surface area contributed by atoms with Crippen molar-refractivity contribution in [3.8, 4) is 0 Å². The summed E-state index contributed by atoms with van der Waals surface area (Å²) in [5, 5.41) is 20.2. The standard InChI is InChI=1S/C32H41N7O2/c1-5-19-33-30(40)26-20-34-31(35-24-13-8-21(9-14-24)22-10-15-25(16-11-22)39(3)4)38-29(26)37-27-17-12-23-7-6-18-32(2,41)28(23)36-27/h5,8-9,12-14,17,20,22,25,41H,1,6-7,10-11,15-16,18-19H2,2-4H3,(H,33,40)(H2,34,35,36,37,38)/t22-,25+,32?.